The second kappa shape index (κ2) is 6.26. The Bertz CT molecular complexity index is 521. The molecule has 1 aliphatic rings. The first-order valence-corrected chi connectivity index (χ1v) is 6.95. The quantitative estimate of drug-likeness (QED) is 0.800. The van der Waals surface area contributed by atoms with E-state index in [1.807, 2.05) is 30.3 Å². The average Bonchev–Trinajstić information content (AvgIpc) is 2.91. The summed E-state index contributed by atoms with van der Waals surface area (Å²) in [6.45, 7) is 0.262. The zero-order valence-electron chi connectivity index (χ0n) is 12.6. The van der Waals surface area contributed by atoms with Gasteiger partial charge >= 0.3 is 6.18 Å². The summed E-state index contributed by atoms with van der Waals surface area (Å²) in [7, 11) is 2.38. The molecular weight excluding hydrogens is 297 g/mol. The van der Waals surface area contributed by atoms with Crippen LogP contribution >= 0.6 is 0 Å². The zero-order chi connectivity index (χ0) is 16.4. The van der Waals surface area contributed by atoms with Gasteiger partial charge in [0.05, 0.1) is 7.11 Å². The molecule has 1 aromatic carbocycles. The summed E-state index contributed by atoms with van der Waals surface area (Å²) in [4.78, 5) is 18.5. The number of rotatable bonds is 4. The van der Waals surface area contributed by atoms with Crippen LogP contribution in [0.4, 0.5) is 13.2 Å². The SMILES string of the molecule is CON(C)C(=O)[C@@]1(C(F)(F)F)CCN(Cc2ccccc2)C1. The van der Waals surface area contributed by atoms with Crippen molar-refractivity contribution in [2.45, 2.75) is 19.1 Å². The summed E-state index contributed by atoms with van der Waals surface area (Å²) in [5, 5.41) is 0.666. The van der Waals surface area contributed by atoms with E-state index in [-0.39, 0.29) is 19.5 Å². The first-order chi connectivity index (χ1) is 10.3. The molecule has 1 heterocycles. The Balaban J connectivity index is 2.18. The third-order valence-corrected chi connectivity index (χ3v) is 4.11. The Kier molecular flexibility index (Phi) is 4.77. The standard InChI is InChI=1S/C15H19F3N2O2/c1-19(22-2)13(21)14(15(16,17)18)8-9-20(11-14)10-12-6-4-3-5-7-12/h3-7H,8-11H2,1-2H3/t14-/m1/s1. The highest BCUT2D eigenvalue weighted by molar-refractivity contribution is 5.83. The molecule has 2 rings (SSSR count). The van der Waals surface area contributed by atoms with Gasteiger partial charge < -0.3 is 0 Å². The number of likely N-dealkylation sites (tertiary alicyclic amines) is 1. The number of benzene rings is 1. The predicted molar refractivity (Wildman–Crippen MR) is 74.6 cm³/mol. The summed E-state index contributed by atoms with van der Waals surface area (Å²) in [5.41, 5.74) is -1.47. The molecule has 0 saturated carbocycles. The number of hydrogen-bond donors (Lipinski definition) is 0. The van der Waals surface area contributed by atoms with Crippen LogP contribution in [-0.2, 0) is 16.2 Å². The minimum atomic E-state index is -4.61. The molecule has 22 heavy (non-hydrogen) atoms. The normalized spacial score (nSPS) is 22.8. The van der Waals surface area contributed by atoms with E-state index < -0.39 is 17.5 Å². The zero-order valence-corrected chi connectivity index (χ0v) is 12.6. The van der Waals surface area contributed by atoms with Gasteiger partial charge in [0.2, 0.25) is 0 Å². The molecule has 1 fully saturated rings. The van der Waals surface area contributed by atoms with Crippen molar-refractivity contribution in [1.82, 2.24) is 9.96 Å². The fourth-order valence-corrected chi connectivity index (χ4v) is 2.78. The van der Waals surface area contributed by atoms with E-state index in [1.54, 1.807) is 4.90 Å². The molecule has 0 radical (unpaired) electrons. The third-order valence-electron chi connectivity index (χ3n) is 4.11. The van der Waals surface area contributed by atoms with Crippen LogP contribution in [0.25, 0.3) is 0 Å². The molecule has 0 N–H and O–H groups in total. The fraction of sp³-hybridized carbons (Fsp3) is 0.533. The molecule has 0 aliphatic carbocycles. The smallest absolute Gasteiger partial charge is 0.298 e. The van der Waals surface area contributed by atoms with E-state index in [2.05, 4.69) is 4.84 Å². The predicted octanol–water partition coefficient (Wildman–Crippen LogP) is 2.46. The molecule has 1 aromatic rings. The van der Waals surface area contributed by atoms with Crippen molar-refractivity contribution in [1.29, 1.82) is 0 Å². The van der Waals surface area contributed by atoms with Crippen LogP contribution in [0.15, 0.2) is 30.3 Å². The number of halogens is 3. The van der Waals surface area contributed by atoms with Crippen LogP contribution in [-0.4, -0.2) is 49.3 Å². The first kappa shape index (κ1) is 16.8. The highest BCUT2D eigenvalue weighted by Crippen LogP contribution is 2.47. The molecule has 0 bridgehead atoms. The molecular formula is C15H19F3N2O2. The summed E-state index contributed by atoms with van der Waals surface area (Å²) >= 11 is 0. The van der Waals surface area contributed by atoms with Crippen molar-refractivity contribution in [2.24, 2.45) is 5.41 Å². The highest BCUT2D eigenvalue weighted by atomic mass is 19.4. The lowest BCUT2D eigenvalue weighted by molar-refractivity contribution is -0.239. The molecule has 0 unspecified atom stereocenters. The Morgan fingerprint density at radius 1 is 1.36 bits per heavy atom. The van der Waals surface area contributed by atoms with Gasteiger partial charge in [-0.15, -0.1) is 0 Å². The lowest BCUT2D eigenvalue weighted by Gasteiger charge is -2.33. The van der Waals surface area contributed by atoms with E-state index in [1.165, 1.54) is 14.2 Å². The summed E-state index contributed by atoms with van der Waals surface area (Å²) in [6.07, 6.45) is -4.86. The largest absolute Gasteiger partial charge is 0.404 e. The molecule has 1 saturated heterocycles. The van der Waals surface area contributed by atoms with Crippen LogP contribution in [0, 0.1) is 5.41 Å². The van der Waals surface area contributed by atoms with Gasteiger partial charge in [0, 0.05) is 20.1 Å². The van der Waals surface area contributed by atoms with Crippen LogP contribution in [0.5, 0.6) is 0 Å². The van der Waals surface area contributed by atoms with Crippen molar-refractivity contribution in [3.05, 3.63) is 35.9 Å². The van der Waals surface area contributed by atoms with Gasteiger partial charge in [0.25, 0.3) is 5.91 Å². The van der Waals surface area contributed by atoms with Crippen molar-refractivity contribution >= 4 is 5.91 Å². The Morgan fingerprint density at radius 2 is 2.00 bits per heavy atom. The van der Waals surface area contributed by atoms with E-state index >= 15 is 0 Å². The molecule has 1 amide bonds. The maximum absolute atomic E-state index is 13.5. The number of nitrogens with zero attached hydrogens (tertiary/aromatic N) is 2. The lowest BCUT2D eigenvalue weighted by Crippen LogP contribution is -2.52. The van der Waals surface area contributed by atoms with Gasteiger partial charge in [-0.05, 0) is 18.5 Å². The number of amides is 1. The van der Waals surface area contributed by atoms with Crippen molar-refractivity contribution < 1.29 is 22.8 Å². The van der Waals surface area contributed by atoms with Crippen molar-refractivity contribution in [3.63, 3.8) is 0 Å². The summed E-state index contributed by atoms with van der Waals surface area (Å²) < 4.78 is 40.6. The molecule has 0 spiro atoms. The van der Waals surface area contributed by atoms with E-state index in [4.69, 9.17) is 0 Å². The monoisotopic (exact) mass is 316 g/mol. The third kappa shape index (κ3) is 3.10. The summed E-state index contributed by atoms with van der Waals surface area (Å²) in [5.74, 6) is -1.04. The molecule has 4 nitrogen and oxygen atoms in total. The van der Waals surface area contributed by atoms with Crippen molar-refractivity contribution in [2.75, 3.05) is 27.2 Å². The van der Waals surface area contributed by atoms with Crippen LogP contribution in [0.1, 0.15) is 12.0 Å². The Hall–Kier alpha value is -1.60. The van der Waals surface area contributed by atoms with Gasteiger partial charge in [0.15, 0.2) is 5.41 Å². The molecule has 122 valence electrons. The Morgan fingerprint density at radius 3 is 2.55 bits per heavy atom. The minimum Gasteiger partial charge on any atom is -0.298 e. The topological polar surface area (TPSA) is 32.8 Å². The number of carbonyl (C=O) groups excluding carboxylic acids is 1. The lowest BCUT2D eigenvalue weighted by atomic mass is 9.85. The second-order valence-electron chi connectivity index (χ2n) is 5.51. The minimum absolute atomic E-state index is 0.220. The number of carbonyl (C=O) groups is 1. The van der Waals surface area contributed by atoms with Gasteiger partial charge in [-0.3, -0.25) is 14.5 Å². The molecule has 1 aliphatic heterocycles. The van der Waals surface area contributed by atoms with E-state index in [0.717, 1.165) is 5.56 Å². The van der Waals surface area contributed by atoms with Gasteiger partial charge in [0.1, 0.15) is 0 Å². The van der Waals surface area contributed by atoms with Crippen LogP contribution < -0.4 is 0 Å². The maximum Gasteiger partial charge on any atom is 0.404 e. The Labute approximate surface area is 127 Å². The van der Waals surface area contributed by atoms with E-state index in [0.29, 0.717) is 11.6 Å². The maximum atomic E-state index is 13.5. The highest BCUT2D eigenvalue weighted by Gasteiger charge is 2.64. The first-order valence-electron chi connectivity index (χ1n) is 6.95. The van der Waals surface area contributed by atoms with Gasteiger partial charge in [-0.1, -0.05) is 30.3 Å². The van der Waals surface area contributed by atoms with Crippen molar-refractivity contribution in [3.8, 4) is 0 Å². The van der Waals surface area contributed by atoms with E-state index in [9.17, 15) is 18.0 Å². The second-order valence-corrected chi connectivity index (χ2v) is 5.51. The molecule has 0 aromatic heterocycles. The average molecular weight is 316 g/mol. The number of hydroxylamine groups is 2. The fourth-order valence-electron chi connectivity index (χ4n) is 2.78. The van der Waals surface area contributed by atoms with Gasteiger partial charge in [-0.25, -0.2) is 5.06 Å². The van der Waals surface area contributed by atoms with Crippen LogP contribution in [0.3, 0.4) is 0 Å². The summed E-state index contributed by atoms with van der Waals surface area (Å²) in [6, 6.07) is 9.25. The van der Waals surface area contributed by atoms with Crippen LogP contribution in [0.2, 0.25) is 0 Å². The number of hydrogen-bond acceptors (Lipinski definition) is 3. The molecule has 1 atom stereocenters. The molecule has 7 heteroatoms. The van der Waals surface area contributed by atoms with Gasteiger partial charge in [-0.2, -0.15) is 13.2 Å². The number of alkyl halides is 3.